The summed E-state index contributed by atoms with van der Waals surface area (Å²) in [6.07, 6.45) is 4.88. The molecule has 3 rings (SSSR count). The Labute approximate surface area is 108 Å². The predicted molar refractivity (Wildman–Crippen MR) is 74.4 cm³/mol. The molecule has 0 saturated heterocycles. The van der Waals surface area contributed by atoms with E-state index in [4.69, 9.17) is 10.8 Å². The molecule has 0 amide bonds. The van der Waals surface area contributed by atoms with Crippen LogP contribution in [0.2, 0.25) is 0 Å². The van der Waals surface area contributed by atoms with Gasteiger partial charge >= 0.3 is 0 Å². The van der Waals surface area contributed by atoms with E-state index in [1.54, 1.807) is 0 Å². The normalized spacial score (nSPS) is 17.9. The number of nitrogens with zero attached hydrogens (tertiary/aromatic N) is 2. The highest BCUT2D eigenvalue weighted by atomic mass is 15.3. The first-order valence-corrected chi connectivity index (χ1v) is 6.92. The number of hydrogen-bond acceptors (Lipinski definition) is 2. The summed E-state index contributed by atoms with van der Waals surface area (Å²) in [5.74, 6) is 0. The van der Waals surface area contributed by atoms with E-state index in [-0.39, 0.29) is 0 Å². The summed E-state index contributed by atoms with van der Waals surface area (Å²) in [4.78, 5) is 0. The summed E-state index contributed by atoms with van der Waals surface area (Å²) in [7, 11) is 0. The first-order valence-electron chi connectivity index (χ1n) is 6.92. The van der Waals surface area contributed by atoms with Gasteiger partial charge in [0.2, 0.25) is 0 Å². The van der Waals surface area contributed by atoms with Gasteiger partial charge < -0.3 is 5.73 Å². The first-order chi connectivity index (χ1) is 8.78. The van der Waals surface area contributed by atoms with Crippen LogP contribution in [0.1, 0.15) is 31.9 Å². The second-order valence-electron chi connectivity index (χ2n) is 5.51. The molecular formula is C15H21N3. The summed E-state index contributed by atoms with van der Waals surface area (Å²) in [6, 6.07) is 8.53. The maximum absolute atomic E-state index is 5.97. The molecule has 1 fully saturated rings. The summed E-state index contributed by atoms with van der Waals surface area (Å²) in [5.41, 5.74) is 8.78. The van der Waals surface area contributed by atoms with Crippen molar-refractivity contribution in [3.05, 3.63) is 30.0 Å². The molecule has 0 radical (unpaired) electrons. The number of aryl methyl sites for hydroxylation is 1. The van der Waals surface area contributed by atoms with Gasteiger partial charge in [-0.15, -0.1) is 0 Å². The second-order valence-corrected chi connectivity index (χ2v) is 5.51. The lowest BCUT2D eigenvalue weighted by Crippen LogP contribution is -2.39. The van der Waals surface area contributed by atoms with Crippen molar-refractivity contribution in [1.29, 1.82) is 0 Å². The zero-order chi connectivity index (χ0) is 12.6. The minimum Gasteiger partial charge on any atom is -0.330 e. The van der Waals surface area contributed by atoms with E-state index in [1.807, 2.05) is 0 Å². The van der Waals surface area contributed by atoms with E-state index >= 15 is 0 Å². The average Bonchev–Trinajstić information content (AvgIpc) is 2.72. The second kappa shape index (κ2) is 4.39. The molecule has 2 N–H and O–H groups in total. The van der Waals surface area contributed by atoms with Gasteiger partial charge in [-0.1, -0.05) is 24.6 Å². The highest BCUT2D eigenvalue weighted by Gasteiger charge is 2.36. The first kappa shape index (κ1) is 11.7. The number of para-hydroxylation sites is 1. The molecule has 1 aromatic carbocycles. The molecule has 3 heteroatoms. The molecule has 1 heterocycles. The predicted octanol–water partition coefficient (Wildman–Crippen LogP) is 2.73. The lowest BCUT2D eigenvalue weighted by atomic mass is 9.66. The lowest BCUT2D eigenvalue weighted by Gasteiger charge is -2.40. The van der Waals surface area contributed by atoms with Crippen molar-refractivity contribution < 1.29 is 0 Å². The number of hydrogen-bond donors (Lipinski definition) is 1. The number of fused-ring (bicyclic) bond motifs is 1. The van der Waals surface area contributed by atoms with Gasteiger partial charge in [0.25, 0.3) is 0 Å². The Hall–Kier alpha value is -1.35. The Morgan fingerprint density at radius 3 is 2.72 bits per heavy atom. The lowest BCUT2D eigenvalue weighted by molar-refractivity contribution is 0.143. The Kier molecular flexibility index (Phi) is 2.86. The molecular weight excluding hydrogens is 222 g/mol. The van der Waals surface area contributed by atoms with Gasteiger partial charge in [0.1, 0.15) is 0 Å². The summed E-state index contributed by atoms with van der Waals surface area (Å²) in [6.45, 7) is 3.86. The van der Waals surface area contributed by atoms with Crippen LogP contribution in [0, 0.1) is 5.41 Å². The Morgan fingerprint density at radius 1 is 1.33 bits per heavy atom. The zero-order valence-electron chi connectivity index (χ0n) is 11.0. The Bertz CT molecular complexity index is 546. The smallest absolute Gasteiger partial charge is 0.0709 e. The van der Waals surface area contributed by atoms with E-state index in [0.717, 1.165) is 19.5 Å². The fraction of sp³-hybridized carbons (Fsp3) is 0.533. The highest BCUT2D eigenvalue weighted by molar-refractivity contribution is 5.82. The van der Waals surface area contributed by atoms with Gasteiger partial charge in [0.05, 0.1) is 11.2 Å². The molecule has 3 nitrogen and oxygen atoms in total. The molecule has 96 valence electrons. The quantitative estimate of drug-likeness (QED) is 0.897. The van der Waals surface area contributed by atoms with Crippen LogP contribution in [0.25, 0.3) is 10.9 Å². The molecule has 1 saturated carbocycles. The Morgan fingerprint density at radius 2 is 2.11 bits per heavy atom. The van der Waals surface area contributed by atoms with E-state index in [9.17, 15) is 0 Å². The molecule has 1 aromatic heterocycles. The number of aromatic nitrogens is 2. The maximum atomic E-state index is 5.97. The molecule has 1 aliphatic carbocycles. The van der Waals surface area contributed by atoms with E-state index in [2.05, 4.69) is 35.9 Å². The van der Waals surface area contributed by atoms with Crippen molar-refractivity contribution in [1.82, 2.24) is 9.78 Å². The largest absolute Gasteiger partial charge is 0.330 e. The summed E-state index contributed by atoms with van der Waals surface area (Å²) < 4.78 is 2.10. The average molecular weight is 243 g/mol. The minimum absolute atomic E-state index is 0.329. The van der Waals surface area contributed by atoms with Crippen LogP contribution in [0.5, 0.6) is 0 Å². The van der Waals surface area contributed by atoms with Crippen LogP contribution < -0.4 is 5.73 Å². The molecule has 0 aliphatic heterocycles. The van der Waals surface area contributed by atoms with Gasteiger partial charge in [-0.05, 0) is 44.2 Å². The third kappa shape index (κ3) is 1.74. The van der Waals surface area contributed by atoms with E-state index in [1.165, 1.54) is 35.9 Å². The standard InChI is InChI=1S/C15H21N3/c1-2-18-14-7-4-3-6-12(14)13(17-18)10-15(11-16)8-5-9-15/h3-4,6-7H,2,5,8-11,16H2,1H3. The van der Waals surface area contributed by atoms with Crippen LogP contribution in [-0.2, 0) is 13.0 Å². The van der Waals surface area contributed by atoms with Crippen LogP contribution >= 0.6 is 0 Å². The summed E-state index contributed by atoms with van der Waals surface area (Å²) >= 11 is 0. The number of benzene rings is 1. The highest BCUT2D eigenvalue weighted by Crippen LogP contribution is 2.43. The topological polar surface area (TPSA) is 43.8 Å². The fourth-order valence-electron chi connectivity index (χ4n) is 3.05. The van der Waals surface area contributed by atoms with Crippen molar-refractivity contribution in [2.75, 3.05) is 6.54 Å². The SMILES string of the molecule is CCn1nc(CC2(CN)CCC2)c2ccccc21. The van der Waals surface area contributed by atoms with Crippen molar-refractivity contribution in [2.24, 2.45) is 11.1 Å². The monoisotopic (exact) mass is 243 g/mol. The van der Waals surface area contributed by atoms with Crippen molar-refractivity contribution in [2.45, 2.75) is 39.2 Å². The van der Waals surface area contributed by atoms with Gasteiger partial charge in [-0.25, -0.2) is 0 Å². The molecule has 18 heavy (non-hydrogen) atoms. The van der Waals surface area contributed by atoms with Gasteiger partial charge in [0, 0.05) is 11.9 Å². The van der Waals surface area contributed by atoms with Crippen molar-refractivity contribution in [3.63, 3.8) is 0 Å². The fourth-order valence-corrected chi connectivity index (χ4v) is 3.05. The van der Waals surface area contributed by atoms with Gasteiger partial charge in [-0.2, -0.15) is 5.10 Å². The van der Waals surface area contributed by atoms with Crippen LogP contribution in [0.3, 0.4) is 0 Å². The van der Waals surface area contributed by atoms with Crippen molar-refractivity contribution >= 4 is 10.9 Å². The molecule has 2 aromatic rings. The van der Waals surface area contributed by atoms with Crippen LogP contribution in [-0.4, -0.2) is 16.3 Å². The molecule has 1 aliphatic rings. The van der Waals surface area contributed by atoms with Crippen LogP contribution in [0.4, 0.5) is 0 Å². The summed E-state index contributed by atoms with van der Waals surface area (Å²) in [5, 5.41) is 6.09. The number of nitrogens with two attached hydrogens (primary N) is 1. The molecule has 0 spiro atoms. The van der Waals surface area contributed by atoms with Gasteiger partial charge in [-0.3, -0.25) is 4.68 Å². The van der Waals surface area contributed by atoms with E-state index in [0.29, 0.717) is 5.41 Å². The molecule has 0 unspecified atom stereocenters. The third-order valence-corrected chi connectivity index (χ3v) is 4.42. The molecule has 0 bridgehead atoms. The van der Waals surface area contributed by atoms with Crippen LogP contribution in [0.15, 0.2) is 24.3 Å². The third-order valence-electron chi connectivity index (χ3n) is 4.42. The van der Waals surface area contributed by atoms with Gasteiger partial charge in [0.15, 0.2) is 0 Å². The Balaban J connectivity index is 2.01. The van der Waals surface area contributed by atoms with Crippen molar-refractivity contribution in [3.8, 4) is 0 Å². The maximum Gasteiger partial charge on any atom is 0.0709 e. The number of rotatable bonds is 4. The van der Waals surface area contributed by atoms with E-state index < -0.39 is 0 Å². The molecule has 0 atom stereocenters. The zero-order valence-corrected chi connectivity index (χ0v) is 11.0. The minimum atomic E-state index is 0.329.